The van der Waals surface area contributed by atoms with Gasteiger partial charge in [0.25, 0.3) is 0 Å². The highest BCUT2D eigenvalue weighted by atomic mass is 19.1. The molecule has 1 heterocycles. The van der Waals surface area contributed by atoms with E-state index in [1.807, 2.05) is 0 Å². The maximum Gasteiger partial charge on any atom is 0.102 e. The molecule has 0 bridgehead atoms. The normalized spacial score (nSPS) is 28.2. The van der Waals surface area contributed by atoms with Gasteiger partial charge in [0, 0.05) is 19.1 Å². The van der Waals surface area contributed by atoms with E-state index < -0.39 is 0 Å². The molecular formula is C12H25FN2. The first-order valence-electron chi connectivity index (χ1n) is 6.33. The lowest BCUT2D eigenvalue weighted by atomic mass is 9.90. The molecule has 1 rings (SSSR count). The second-order valence-corrected chi connectivity index (χ2v) is 4.51. The van der Waals surface area contributed by atoms with E-state index in [1.165, 1.54) is 19.3 Å². The molecule has 1 aliphatic heterocycles. The number of piperidine rings is 1. The predicted molar refractivity (Wildman–Crippen MR) is 62.9 cm³/mol. The van der Waals surface area contributed by atoms with Crippen LogP contribution in [-0.2, 0) is 0 Å². The Bertz CT molecular complexity index is 164. The zero-order valence-electron chi connectivity index (χ0n) is 10.1. The minimum absolute atomic E-state index is 0.205. The van der Waals surface area contributed by atoms with E-state index in [1.54, 1.807) is 0 Å². The van der Waals surface area contributed by atoms with Crippen LogP contribution in [0.3, 0.4) is 0 Å². The van der Waals surface area contributed by atoms with Crippen molar-refractivity contribution in [3.05, 3.63) is 0 Å². The van der Waals surface area contributed by atoms with Gasteiger partial charge in [0.2, 0.25) is 0 Å². The summed E-state index contributed by atoms with van der Waals surface area (Å²) in [5, 5.41) is 3.61. The summed E-state index contributed by atoms with van der Waals surface area (Å²) in [5.74, 6) is 0.705. The second kappa shape index (κ2) is 7.18. The molecule has 0 aromatic rings. The van der Waals surface area contributed by atoms with Crippen molar-refractivity contribution in [3.8, 4) is 0 Å². The van der Waals surface area contributed by atoms with Crippen molar-refractivity contribution < 1.29 is 4.39 Å². The lowest BCUT2D eigenvalue weighted by Gasteiger charge is -2.38. The molecule has 1 aliphatic rings. The van der Waals surface area contributed by atoms with Crippen LogP contribution in [-0.4, -0.2) is 43.8 Å². The fourth-order valence-electron chi connectivity index (χ4n) is 2.44. The van der Waals surface area contributed by atoms with Crippen LogP contribution in [0, 0.1) is 5.92 Å². The van der Waals surface area contributed by atoms with Gasteiger partial charge in [-0.3, -0.25) is 0 Å². The summed E-state index contributed by atoms with van der Waals surface area (Å²) in [6, 6.07) is 0.658. The van der Waals surface area contributed by atoms with Crippen LogP contribution in [0.15, 0.2) is 0 Å². The number of hydrogen-bond acceptors (Lipinski definition) is 2. The van der Waals surface area contributed by atoms with Crippen LogP contribution in [0.5, 0.6) is 0 Å². The van der Waals surface area contributed by atoms with Gasteiger partial charge in [-0.25, -0.2) is 4.39 Å². The van der Waals surface area contributed by atoms with E-state index in [-0.39, 0.29) is 6.67 Å². The Morgan fingerprint density at radius 1 is 1.40 bits per heavy atom. The molecule has 0 saturated carbocycles. The first-order chi connectivity index (χ1) is 7.31. The van der Waals surface area contributed by atoms with Gasteiger partial charge >= 0.3 is 0 Å². The summed E-state index contributed by atoms with van der Waals surface area (Å²) >= 11 is 0. The topological polar surface area (TPSA) is 15.3 Å². The summed E-state index contributed by atoms with van der Waals surface area (Å²) in [5.41, 5.74) is 0. The molecule has 1 N–H and O–H groups in total. The van der Waals surface area contributed by atoms with Crippen LogP contribution in [0.2, 0.25) is 0 Å². The van der Waals surface area contributed by atoms with Crippen LogP contribution < -0.4 is 5.32 Å². The van der Waals surface area contributed by atoms with Gasteiger partial charge in [-0.05, 0) is 31.8 Å². The minimum atomic E-state index is -0.205. The number of halogens is 1. The summed E-state index contributed by atoms with van der Waals surface area (Å²) in [7, 11) is 0. The van der Waals surface area contributed by atoms with Crippen molar-refractivity contribution in [3.63, 3.8) is 0 Å². The molecule has 0 spiro atoms. The standard InChI is InChI=1S/C12H25FN2/c1-3-7-14-12-5-8-15(9-6-13)10-11(12)4-2/h11-12,14H,3-10H2,1-2H3. The second-order valence-electron chi connectivity index (χ2n) is 4.51. The molecule has 0 aromatic heterocycles. The number of rotatable bonds is 6. The predicted octanol–water partition coefficient (Wildman–Crippen LogP) is 2.06. The molecule has 90 valence electrons. The largest absolute Gasteiger partial charge is 0.314 e. The molecule has 0 amide bonds. The van der Waals surface area contributed by atoms with Gasteiger partial charge in [-0.1, -0.05) is 20.3 Å². The summed E-state index contributed by atoms with van der Waals surface area (Å²) in [6.07, 6.45) is 3.57. The zero-order valence-corrected chi connectivity index (χ0v) is 10.1. The lowest BCUT2D eigenvalue weighted by molar-refractivity contribution is 0.127. The summed E-state index contributed by atoms with van der Waals surface area (Å²) in [4.78, 5) is 2.26. The van der Waals surface area contributed by atoms with E-state index in [0.29, 0.717) is 18.5 Å². The molecule has 3 heteroatoms. The Hall–Kier alpha value is -0.150. The van der Waals surface area contributed by atoms with E-state index in [2.05, 4.69) is 24.1 Å². The van der Waals surface area contributed by atoms with E-state index >= 15 is 0 Å². The van der Waals surface area contributed by atoms with Crippen molar-refractivity contribution in [2.75, 3.05) is 32.9 Å². The number of alkyl halides is 1. The molecule has 2 atom stereocenters. The van der Waals surface area contributed by atoms with E-state index in [4.69, 9.17) is 0 Å². The Kier molecular flexibility index (Phi) is 6.18. The molecule has 2 nitrogen and oxygen atoms in total. The third kappa shape index (κ3) is 4.07. The van der Waals surface area contributed by atoms with Crippen molar-refractivity contribution in [1.82, 2.24) is 10.2 Å². The van der Waals surface area contributed by atoms with Gasteiger partial charge in [0.1, 0.15) is 6.67 Å². The van der Waals surface area contributed by atoms with Gasteiger partial charge in [-0.15, -0.1) is 0 Å². The summed E-state index contributed by atoms with van der Waals surface area (Å²) < 4.78 is 12.3. The van der Waals surface area contributed by atoms with Gasteiger partial charge < -0.3 is 10.2 Å². The number of likely N-dealkylation sites (tertiary alicyclic amines) is 1. The van der Waals surface area contributed by atoms with Crippen molar-refractivity contribution in [2.24, 2.45) is 5.92 Å². The first kappa shape index (κ1) is 12.9. The lowest BCUT2D eigenvalue weighted by Crippen LogP contribution is -2.49. The molecule has 0 radical (unpaired) electrons. The molecular weight excluding hydrogens is 191 g/mol. The molecule has 1 fully saturated rings. The molecule has 0 aliphatic carbocycles. The Labute approximate surface area is 93.2 Å². The van der Waals surface area contributed by atoms with Crippen molar-refractivity contribution in [2.45, 2.75) is 39.2 Å². The third-order valence-electron chi connectivity index (χ3n) is 3.40. The Morgan fingerprint density at radius 2 is 2.20 bits per heavy atom. The molecule has 0 aromatic carbocycles. The van der Waals surface area contributed by atoms with Gasteiger partial charge in [0.15, 0.2) is 0 Å². The fourth-order valence-corrected chi connectivity index (χ4v) is 2.44. The number of nitrogens with one attached hydrogen (secondary N) is 1. The maximum atomic E-state index is 12.3. The molecule has 1 saturated heterocycles. The highest BCUT2D eigenvalue weighted by Gasteiger charge is 2.26. The minimum Gasteiger partial charge on any atom is -0.314 e. The Morgan fingerprint density at radius 3 is 2.80 bits per heavy atom. The third-order valence-corrected chi connectivity index (χ3v) is 3.40. The average Bonchev–Trinajstić information content (AvgIpc) is 2.27. The van der Waals surface area contributed by atoms with Crippen LogP contribution in [0.1, 0.15) is 33.1 Å². The summed E-state index contributed by atoms with van der Waals surface area (Å²) in [6.45, 7) is 8.10. The number of nitrogens with zero attached hydrogens (tertiary/aromatic N) is 1. The van der Waals surface area contributed by atoms with Crippen molar-refractivity contribution in [1.29, 1.82) is 0 Å². The highest BCUT2D eigenvalue weighted by Crippen LogP contribution is 2.19. The van der Waals surface area contributed by atoms with E-state index in [9.17, 15) is 4.39 Å². The van der Waals surface area contributed by atoms with Gasteiger partial charge in [-0.2, -0.15) is 0 Å². The average molecular weight is 216 g/mol. The van der Waals surface area contributed by atoms with Crippen LogP contribution in [0.25, 0.3) is 0 Å². The maximum absolute atomic E-state index is 12.3. The van der Waals surface area contributed by atoms with Crippen LogP contribution in [0.4, 0.5) is 4.39 Å². The highest BCUT2D eigenvalue weighted by molar-refractivity contribution is 4.84. The van der Waals surface area contributed by atoms with Crippen LogP contribution >= 0.6 is 0 Å². The fraction of sp³-hybridized carbons (Fsp3) is 1.00. The monoisotopic (exact) mass is 216 g/mol. The quantitative estimate of drug-likeness (QED) is 0.731. The molecule has 2 unspecified atom stereocenters. The zero-order chi connectivity index (χ0) is 11.1. The number of hydrogen-bond donors (Lipinski definition) is 1. The smallest absolute Gasteiger partial charge is 0.102 e. The van der Waals surface area contributed by atoms with Gasteiger partial charge in [0.05, 0.1) is 0 Å². The molecule has 15 heavy (non-hydrogen) atoms. The SMILES string of the molecule is CCCNC1CCN(CCF)CC1CC. The van der Waals surface area contributed by atoms with Crippen molar-refractivity contribution >= 4 is 0 Å². The Balaban J connectivity index is 2.34. The van der Waals surface area contributed by atoms with E-state index in [0.717, 1.165) is 19.6 Å². The first-order valence-corrected chi connectivity index (χ1v) is 6.33.